The first kappa shape index (κ1) is 18.9. The summed E-state index contributed by atoms with van der Waals surface area (Å²) >= 11 is 0. The zero-order valence-corrected chi connectivity index (χ0v) is 16.5. The van der Waals surface area contributed by atoms with Crippen LogP contribution in [0.1, 0.15) is 26.3 Å². The third kappa shape index (κ3) is 3.29. The molecule has 2 aromatic carbocycles. The van der Waals surface area contributed by atoms with Gasteiger partial charge in [0.2, 0.25) is 0 Å². The lowest BCUT2D eigenvalue weighted by atomic mass is 10.0. The number of benzene rings is 2. The summed E-state index contributed by atoms with van der Waals surface area (Å²) in [7, 11) is -3.04. The predicted molar refractivity (Wildman–Crippen MR) is 107 cm³/mol. The molecule has 0 saturated carbocycles. The number of aromatic nitrogens is 1. The quantitative estimate of drug-likeness (QED) is 0.509. The fourth-order valence-electron chi connectivity index (χ4n) is 3.28. The van der Waals surface area contributed by atoms with Crippen LogP contribution in [-0.4, -0.2) is 25.4 Å². The molecule has 0 bridgehead atoms. The van der Waals surface area contributed by atoms with Crippen molar-refractivity contribution < 1.29 is 23.0 Å². The normalized spacial score (nSPS) is 16.8. The number of carbonyl (C=O) groups excluding carboxylic acids is 1. The highest BCUT2D eigenvalue weighted by Crippen LogP contribution is 2.52. The second-order valence-corrected chi connectivity index (χ2v) is 9.57. The largest absolute Gasteiger partial charge is 0.443 e. The molecule has 148 valence electrons. The van der Waals surface area contributed by atoms with Crippen molar-refractivity contribution in [1.29, 1.82) is 0 Å². The van der Waals surface area contributed by atoms with Crippen LogP contribution in [-0.2, 0) is 11.3 Å². The fourth-order valence-corrected chi connectivity index (χ4v) is 4.59. The fraction of sp³-hybridized carbons (Fsp3) is 0.250. The maximum atomic E-state index is 13.9. The van der Waals surface area contributed by atoms with Gasteiger partial charge in [-0.2, -0.15) is 0 Å². The summed E-state index contributed by atoms with van der Waals surface area (Å²) < 4.78 is 43.7. The van der Waals surface area contributed by atoms with E-state index >= 15 is 0 Å². The van der Waals surface area contributed by atoms with E-state index in [0.717, 1.165) is 5.56 Å². The van der Waals surface area contributed by atoms with Crippen molar-refractivity contribution in [1.82, 2.24) is 9.29 Å². The Labute approximate surface area is 163 Å². The highest BCUT2D eigenvalue weighted by Gasteiger charge is 2.27. The number of carbonyl (C=O) groups is 1. The van der Waals surface area contributed by atoms with Gasteiger partial charge in [0.25, 0.3) is 0 Å². The summed E-state index contributed by atoms with van der Waals surface area (Å²) in [6, 6.07) is 9.57. The van der Waals surface area contributed by atoms with Gasteiger partial charge in [-0.15, -0.1) is 10.8 Å². The summed E-state index contributed by atoms with van der Waals surface area (Å²) in [5.74, 6) is -0.464. The smallest absolute Gasteiger partial charge is 0.419 e. The zero-order valence-electron chi connectivity index (χ0n) is 15.7. The highest BCUT2D eigenvalue weighted by atomic mass is 32.3. The number of halogens is 1. The molecule has 0 atom stereocenters. The van der Waals surface area contributed by atoms with Crippen LogP contribution in [0.25, 0.3) is 22.0 Å². The monoisotopic (exact) mass is 404 g/mol. The molecule has 4 rings (SSSR count). The van der Waals surface area contributed by atoms with Crippen molar-refractivity contribution in [3.63, 3.8) is 0 Å². The van der Waals surface area contributed by atoms with Crippen molar-refractivity contribution in [2.75, 3.05) is 0 Å². The van der Waals surface area contributed by atoms with E-state index in [1.165, 1.54) is 16.7 Å². The van der Waals surface area contributed by atoms with Crippen LogP contribution < -0.4 is 4.72 Å². The Hall–Kier alpha value is -2.39. The van der Waals surface area contributed by atoms with Crippen LogP contribution >= 0.6 is 10.8 Å². The standard InChI is InChI=1S/C20H21FN2O4S/c1-20(2,3)27-19(24)23-11-16(15-7-6-14(21)9-17(15)23)12-4-5-13-10-22-28(25,26)18(13)8-12/h4-9,11,22,25-26H,10H2,1-3H3. The minimum Gasteiger partial charge on any atom is -0.443 e. The van der Waals surface area contributed by atoms with Crippen molar-refractivity contribution in [3.8, 4) is 11.1 Å². The van der Waals surface area contributed by atoms with Gasteiger partial charge in [0.15, 0.2) is 0 Å². The van der Waals surface area contributed by atoms with Gasteiger partial charge in [-0.1, -0.05) is 12.1 Å². The highest BCUT2D eigenvalue weighted by molar-refractivity contribution is 8.22. The molecule has 0 spiro atoms. The van der Waals surface area contributed by atoms with Gasteiger partial charge in [-0.05, 0) is 56.2 Å². The Balaban J connectivity index is 1.88. The van der Waals surface area contributed by atoms with E-state index in [1.54, 1.807) is 39.1 Å². The van der Waals surface area contributed by atoms with Gasteiger partial charge in [-0.3, -0.25) is 13.7 Å². The summed E-state index contributed by atoms with van der Waals surface area (Å²) in [5.41, 5.74) is 1.86. The van der Waals surface area contributed by atoms with Crippen molar-refractivity contribution in [3.05, 3.63) is 54.0 Å². The van der Waals surface area contributed by atoms with Crippen LogP contribution in [0.2, 0.25) is 0 Å². The molecule has 1 aliphatic heterocycles. The van der Waals surface area contributed by atoms with E-state index < -0.39 is 28.3 Å². The van der Waals surface area contributed by atoms with E-state index in [2.05, 4.69) is 4.72 Å². The maximum Gasteiger partial charge on any atom is 0.419 e. The Morgan fingerprint density at radius 3 is 2.68 bits per heavy atom. The topological polar surface area (TPSA) is 83.7 Å². The van der Waals surface area contributed by atoms with Crippen LogP contribution in [0.15, 0.2) is 47.5 Å². The van der Waals surface area contributed by atoms with Gasteiger partial charge in [0, 0.05) is 23.7 Å². The number of ether oxygens (including phenoxy) is 1. The minimum atomic E-state index is -3.04. The third-order valence-electron chi connectivity index (χ3n) is 4.51. The molecule has 3 N–H and O–H groups in total. The average Bonchev–Trinajstić information content (AvgIpc) is 3.11. The molecular weight excluding hydrogens is 383 g/mol. The number of hydrogen-bond donors (Lipinski definition) is 3. The first-order valence-corrected chi connectivity index (χ1v) is 10.3. The molecular formula is C20H21FN2O4S. The Bertz CT molecular complexity index is 1100. The van der Waals surface area contributed by atoms with Gasteiger partial charge in [0.05, 0.1) is 10.4 Å². The van der Waals surface area contributed by atoms with Crippen LogP contribution in [0.4, 0.5) is 9.18 Å². The van der Waals surface area contributed by atoms with Crippen molar-refractivity contribution >= 4 is 27.8 Å². The Morgan fingerprint density at radius 1 is 1.21 bits per heavy atom. The van der Waals surface area contributed by atoms with Gasteiger partial charge in [-0.25, -0.2) is 13.9 Å². The predicted octanol–water partition coefficient (Wildman–Crippen LogP) is 5.36. The molecule has 2 heterocycles. The van der Waals surface area contributed by atoms with Crippen molar-refractivity contribution in [2.45, 2.75) is 37.8 Å². The minimum absolute atomic E-state index is 0.378. The lowest BCUT2D eigenvalue weighted by Crippen LogP contribution is -2.26. The molecule has 0 unspecified atom stereocenters. The second kappa shape index (κ2) is 6.31. The third-order valence-corrected chi connectivity index (χ3v) is 6.05. The number of fused-ring (bicyclic) bond motifs is 2. The van der Waals surface area contributed by atoms with E-state index in [1.807, 2.05) is 12.1 Å². The number of nitrogens with zero attached hydrogens (tertiary/aromatic N) is 1. The molecule has 1 aromatic heterocycles. The van der Waals surface area contributed by atoms with Crippen LogP contribution in [0.5, 0.6) is 0 Å². The molecule has 6 nitrogen and oxygen atoms in total. The molecule has 0 saturated heterocycles. The molecule has 0 fully saturated rings. The molecule has 3 aromatic rings. The first-order valence-electron chi connectivity index (χ1n) is 8.75. The van der Waals surface area contributed by atoms with Crippen molar-refractivity contribution in [2.24, 2.45) is 0 Å². The maximum absolute atomic E-state index is 13.9. The number of nitrogens with one attached hydrogen (secondary N) is 1. The summed E-state index contributed by atoms with van der Waals surface area (Å²) in [5, 5.41) is 0.662. The summed E-state index contributed by atoms with van der Waals surface area (Å²) in [6.45, 7) is 5.66. The molecule has 0 amide bonds. The molecule has 28 heavy (non-hydrogen) atoms. The summed E-state index contributed by atoms with van der Waals surface area (Å²) in [6.07, 6.45) is 0.982. The van der Waals surface area contributed by atoms with Gasteiger partial charge >= 0.3 is 6.09 Å². The van der Waals surface area contributed by atoms with Crippen LogP contribution in [0.3, 0.4) is 0 Å². The molecule has 8 heteroatoms. The van der Waals surface area contributed by atoms with E-state index in [9.17, 15) is 18.3 Å². The Morgan fingerprint density at radius 2 is 1.96 bits per heavy atom. The zero-order chi connectivity index (χ0) is 20.3. The van der Waals surface area contributed by atoms with E-state index in [4.69, 9.17) is 4.74 Å². The molecule has 0 aliphatic carbocycles. The average molecular weight is 404 g/mol. The molecule has 1 aliphatic rings. The van der Waals surface area contributed by atoms with E-state index in [-0.39, 0.29) is 0 Å². The summed E-state index contributed by atoms with van der Waals surface area (Å²) in [4.78, 5) is 13.1. The second-order valence-electron chi connectivity index (χ2n) is 7.75. The SMILES string of the molecule is CC(C)(C)OC(=O)n1cc(-c2ccc3c(c2)S(O)(O)NC3)c2ccc(F)cc21. The lowest BCUT2D eigenvalue weighted by Gasteiger charge is -2.27. The first-order chi connectivity index (χ1) is 13.0. The molecule has 0 radical (unpaired) electrons. The Kier molecular flexibility index (Phi) is 4.27. The van der Waals surface area contributed by atoms with E-state index in [0.29, 0.717) is 33.5 Å². The number of hydrogen-bond acceptors (Lipinski definition) is 5. The lowest BCUT2D eigenvalue weighted by molar-refractivity contribution is 0.0544. The number of rotatable bonds is 1. The van der Waals surface area contributed by atoms with Crippen LogP contribution in [0, 0.1) is 5.82 Å². The van der Waals surface area contributed by atoms with Gasteiger partial charge < -0.3 is 4.74 Å². The van der Waals surface area contributed by atoms with Gasteiger partial charge in [0.1, 0.15) is 11.4 Å².